The maximum Gasteiger partial charge on any atom is 0.338 e. The van der Waals surface area contributed by atoms with E-state index in [4.69, 9.17) is 14.2 Å². The number of carbonyl (C=O) groups excluding carboxylic acids is 2. The number of ketones is 1. The molecule has 2 heterocycles. The molecule has 166 valence electrons. The topological polar surface area (TPSA) is 124 Å². The summed E-state index contributed by atoms with van der Waals surface area (Å²) in [5.74, 6) is -0.179. The summed E-state index contributed by atoms with van der Waals surface area (Å²) in [6.07, 6.45) is 2.31. The van der Waals surface area contributed by atoms with E-state index in [1.54, 1.807) is 24.4 Å². The molecule has 10 heteroatoms. The van der Waals surface area contributed by atoms with Gasteiger partial charge in [-0.1, -0.05) is 0 Å². The third-order valence-corrected chi connectivity index (χ3v) is 6.01. The van der Waals surface area contributed by atoms with Crippen LogP contribution in [0.1, 0.15) is 27.3 Å². The molecule has 2 aromatic carbocycles. The van der Waals surface area contributed by atoms with Gasteiger partial charge in [0.2, 0.25) is 5.78 Å². The van der Waals surface area contributed by atoms with Gasteiger partial charge in [0, 0.05) is 24.4 Å². The molecule has 2 N–H and O–H groups in total. The number of aromatic nitrogens is 1. The molecule has 0 atom stereocenters. The monoisotopic (exact) mass is 456 g/mol. The van der Waals surface area contributed by atoms with Crippen LogP contribution in [0.15, 0.2) is 65.7 Å². The van der Waals surface area contributed by atoms with E-state index in [0.717, 1.165) is 0 Å². The molecule has 0 bridgehead atoms. The summed E-state index contributed by atoms with van der Waals surface area (Å²) in [5, 5.41) is 0. The van der Waals surface area contributed by atoms with Gasteiger partial charge in [-0.2, -0.15) is 0 Å². The van der Waals surface area contributed by atoms with Crippen LogP contribution in [-0.4, -0.2) is 45.0 Å². The minimum atomic E-state index is -3.89. The van der Waals surface area contributed by atoms with Gasteiger partial charge in [0.1, 0.15) is 0 Å². The van der Waals surface area contributed by atoms with Crippen LogP contribution in [0.2, 0.25) is 0 Å². The second-order valence-electron chi connectivity index (χ2n) is 6.92. The number of fused-ring (bicyclic) bond motifs is 1. The van der Waals surface area contributed by atoms with Crippen molar-refractivity contribution < 1.29 is 32.2 Å². The zero-order valence-electron chi connectivity index (χ0n) is 16.9. The van der Waals surface area contributed by atoms with E-state index in [0.29, 0.717) is 36.8 Å². The van der Waals surface area contributed by atoms with Gasteiger partial charge in [-0.25, -0.2) is 13.2 Å². The number of esters is 1. The Morgan fingerprint density at radius 1 is 1.00 bits per heavy atom. The molecule has 4 rings (SSSR count). The fourth-order valence-corrected chi connectivity index (χ4v) is 4.07. The zero-order chi connectivity index (χ0) is 22.6. The van der Waals surface area contributed by atoms with Crippen molar-refractivity contribution in [1.29, 1.82) is 0 Å². The van der Waals surface area contributed by atoms with Crippen molar-refractivity contribution in [3.8, 4) is 11.5 Å². The van der Waals surface area contributed by atoms with Crippen LogP contribution >= 0.6 is 0 Å². The molecule has 0 spiro atoms. The van der Waals surface area contributed by atoms with Crippen molar-refractivity contribution in [2.75, 3.05) is 24.5 Å². The molecule has 1 aliphatic heterocycles. The summed E-state index contributed by atoms with van der Waals surface area (Å²) in [6.45, 7) is 0.544. The van der Waals surface area contributed by atoms with Gasteiger partial charge in [0.25, 0.3) is 10.0 Å². The van der Waals surface area contributed by atoms with E-state index in [1.165, 1.54) is 36.4 Å². The third kappa shape index (κ3) is 4.92. The molecule has 9 nitrogen and oxygen atoms in total. The highest BCUT2D eigenvalue weighted by molar-refractivity contribution is 7.92. The number of hydrogen-bond donors (Lipinski definition) is 2. The fraction of sp³-hybridized carbons (Fsp3) is 0.182. The minimum absolute atomic E-state index is 0.0214. The predicted molar refractivity (Wildman–Crippen MR) is 115 cm³/mol. The van der Waals surface area contributed by atoms with Crippen molar-refractivity contribution in [2.24, 2.45) is 0 Å². The Kier molecular flexibility index (Phi) is 6.13. The molecule has 0 saturated carbocycles. The van der Waals surface area contributed by atoms with Crippen LogP contribution in [0.3, 0.4) is 0 Å². The molecule has 0 amide bonds. The second-order valence-corrected chi connectivity index (χ2v) is 8.61. The first-order valence-corrected chi connectivity index (χ1v) is 11.3. The van der Waals surface area contributed by atoms with E-state index in [9.17, 15) is 18.0 Å². The highest BCUT2D eigenvalue weighted by Crippen LogP contribution is 2.32. The molecular weight excluding hydrogens is 436 g/mol. The van der Waals surface area contributed by atoms with Gasteiger partial charge in [-0.3, -0.25) is 9.52 Å². The summed E-state index contributed by atoms with van der Waals surface area (Å²) in [7, 11) is -3.89. The van der Waals surface area contributed by atoms with E-state index < -0.39 is 22.6 Å². The van der Waals surface area contributed by atoms with E-state index in [2.05, 4.69) is 9.71 Å². The van der Waals surface area contributed by atoms with Crippen molar-refractivity contribution in [3.05, 3.63) is 72.1 Å². The van der Waals surface area contributed by atoms with Crippen LogP contribution in [0.5, 0.6) is 11.5 Å². The van der Waals surface area contributed by atoms with Crippen LogP contribution in [-0.2, 0) is 14.8 Å². The largest absolute Gasteiger partial charge is 0.490 e. The number of Topliss-reactive ketones (excluding diaryl/α,β-unsaturated/α-hetero) is 1. The van der Waals surface area contributed by atoms with Crippen molar-refractivity contribution in [2.45, 2.75) is 11.3 Å². The Morgan fingerprint density at radius 3 is 2.47 bits per heavy atom. The first kappa shape index (κ1) is 21.4. The van der Waals surface area contributed by atoms with Crippen LogP contribution in [0.4, 0.5) is 5.69 Å². The zero-order valence-corrected chi connectivity index (χ0v) is 17.7. The summed E-state index contributed by atoms with van der Waals surface area (Å²) < 4.78 is 44.0. The minimum Gasteiger partial charge on any atom is -0.490 e. The molecule has 0 saturated heterocycles. The van der Waals surface area contributed by atoms with Crippen molar-refractivity contribution >= 4 is 27.5 Å². The summed E-state index contributed by atoms with van der Waals surface area (Å²) in [5.41, 5.74) is 0.788. The Bertz CT molecular complexity index is 1220. The summed E-state index contributed by atoms with van der Waals surface area (Å²) in [6, 6.07) is 13.3. The maximum atomic E-state index is 12.7. The van der Waals surface area contributed by atoms with Gasteiger partial charge in [0.05, 0.1) is 29.4 Å². The Labute approximate surface area is 184 Å². The average Bonchev–Trinajstić information content (AvgIpc) is 3.23. The van der Waals surface area contributed by atoms with E-state index in [1.807, 2.05) is 0 Å². The maximum absolute atomic E-state index is 12.7. The van der Waals surface area contributed by atoms with Gasteiger partial charge in [-0.05, 0) is 48.5 Å². The van der Waals surface area contributed by atoms with Crippen LogP contribution in [0.25, 0.3) is 0 Å². The Balaban J connectivity index is 1.40. The fourth-order valence-electron chi connectivity index (χ4n) is 3.00. The van der Waals surface area contributed by atoms with Crippen LogP contribution < -0.4 is 14.2 Å². The number of rotatable bonds is 7. The number of anilines is 1. The highest BCUT2D eigenvalue weighted by atomic mass is 32.2. The lowest BCUT2D eigenvalue weighted by atomic mass is 10.2. The van der Waals surface area contributed by atoms with Crippen molar-refractivity contribution in [3.63, 3.8) is 0 Å². The molecule has 3 aromatic rings. The van der Waals surface area contributed by atoms with Gasteiger partial charge in [0.15, 0.2) is 18.1 Å². The predicted octanol–water partition coefficient (Wildman–Crippen LogP) is 3.02. The number of carbonyl (C=O) groups is 2. The molecular formula is C22H20N2O7S. The molecule has 0 radical (unpaired) electrons. The molecule has 1 aliphatic rings. The number of sulfonamides is 1. The molecule has 1 aromatic heterocycles. The smallest absolute Gasteiger partial charge is 0.338 e. The molecule has 0 aliphatic carbocycles. The lowest BCUT2D eigenvalue weighted by Crippen LogP contribution is -2.15. The normalized spacial score (nSPS) is 13.1. The highest BCUT2D eigenvalue weighted by Gasteiger charge is 2.19. The molecule has 0 unspecified atom stereocenters. The second kappa shape index (κ2) is 9.15. The lowest BCUT2D eigenvalue weighted by Gasteiger charge is -2.12. The van der Waals surface area contributed by atoms with Gasteiger partial charge < -0.3 is 19.2 Å². The summed E-state index contributed by atoms with van der Waals surface area (Å²) >= 11 is 0. The quantitative estimate of drug-likeness (QED) is 0.414. The van der Waals surface area contributed by atoms with Gasteiger partial charge >= 0.3 is 5.97 Å². The molecule has 0 fully saturated rings. The number of H-pyrrole nitrogens is 1. The number of hydrogen-bond acceptors (Lipinski definition) is 7. The molecule has 32 heavy (non-hydrogen) atoms. The SMILES string of the molecule is O=C(OCC(=O)c1ccc[nH]1)c1ccc(NS(=O)(=O)c2ccc3c(c2)OCCCO3)cc1. The number of aromatic amines is 1. The number of nitrogens with one attached hydrogen (secondary N) is 2. The van der Waals surface area contributed by atoms with Crippen LogP contribution in [0, 0.1) is 0 Å². The number of benzene rings is 2. The Morgan fingerprint density at radius 2 is 1.75 bits per heavy atom. The van der Waals surface area contributed by atoms with Gasteiger partial charge in [-0.15, -0.1) is 0 Å². The number of ether oxygens (including phenoxy) is 3. The average molecular weight is 456 g/mol. The lowest BCUT2D eigenvalue weighted by molar-refractivity contribution is 0.0473. The van der Waals surface area contributed by atoms with E-state index in [-0.39, 0.29) is 21.9 Å². The Hall–Kier alpha value is -3.79. The first-order valence-electron chi connectivity index (χ1n) is 9.79. The standard InChI is InChI=1S/C22H20N2O7S/c25-19(18-3-1-10-23-18)14-31-22(26)15-4-6-16(7-5-15)24-32(27,28)17-8-9-20-21(13-17)30-12-2-11-29-20/h1,3-10,13,23-24H,2,11-12,14H2. The first-order chi connectivity index (χ1) is 15.4. The third-order valence-electron chi connectivity index (χ3n) is 4.63. The van der Waals surface area contributed by atoms with Crippen molar-refractivity contribution in [1.82, 2.24) is 4.98 Å². The summed E-state index contributed by atoms with van der Waals surface area (Å²) in [4.78, 5) is 26.8. The van der Waals surface area contributed by atoms with E-state index >= 15 is 0 Å².